The Balaban J connectivity index is 1.46. The molecule has 0 bridgehead atoms. The first-order chi connectivity index (χ1) is 15.6. The topological polar surface area (TPSA) is 72.0 Å². The summed E-state index contributed by atoms with van der Waals surface area (Å²) in [6, 6.07) is 12.4. The van der Waals surface area contributed by atoms with E-state index in [1.54, 1.807) is 47.7 Å². The molecule has 0 unspecified atom stereocenters. The van der Waals surface area contributed by atoms with Gasteiger partial charge in [0.05, 0.1) is 5.39 Å². The maximum atomic E-state index is 13.1. The SMILES string of the molecule is CSc1nc(Nc2ccc3c(c2)C(=O)c2ccccc2C3=O)c2c3c(sc2n1)CCCC3. The Morgan fingerprint density at radius 2 is 1.62 bits per heavy atom. The Kier molecular flexibility index (Phi) is 4.62. The van der Waals surface area contributed by atoms with Crippen molar-refractivity contribution in [3.8, 4) is 0 Å². The van der Waals surface area contributed by atoms with E-state index in [4.69, 9.17) is 9.97 Å². The van der Waals surface area contributed by atoms with Crippen LogP contribution in [0.2, 0.25) is 0 Å². The Morgan fingerprint density at radius 3 is 2.41 bits per heavy atom. The van der Waals surface area contributed by atoms with Crippen LogP contribution in [-0.4, -0.2) is 27.8 Å². The lowest BCUT2D eigenvalue weighted by Gasteiger charge is -2.18. The summed E-state index contributed by atoms with van der Waals surface area (Å²) in [5, 5.41) is 5.26. The largest absolute Gasteiger partial charge is 0.340 e. The number of anilines is 2. The first kappa shape index (κ1) is 19.6. The molecule has 0 aliphatic heterocycles. The van der Waals surface area contributed by atoms with Gasteiger partial charge in [-0.3, -0.25) is 9.59 Å². The maximum absolute atomic E-state index is 13.1. The van der Waals surface area contributed by atoms with Gasteiger partial charge in [-0.1, -0.05) is 36.0 Å². The van der Waals surface area contributed by atoms with E-state index in [2.05, 4.69) is 5.32 Å². The second-order valence-electron chi connectivity index (χ2n) is 8.04. The predicted molar refractivity (Wildman–Crippen MR) is 129 cm³/mol. The van der Waals surface area contributed by atoms with Gasteiger partial charge in [0.2, 0.25) is 0 Å². The monoisotopic (exact) mass is 457 g/mol. The van der Waals surface area contributed by atoms with Crippen molar-refractivity contribution in [2.24, 2.45) is 0 Å². The van der Waals surface area contributed by atoms with Crippen molar-refractivity contribution in [1.29, 1.82) is 0 Å². The molecule has 0 atom stereocenters. The van der Waals surface area contributed by atoms with Crippen LogP contribution >= 0.6 is 23.1 Å². The van der Waals surface area contributed by atoms with Crippen molar-refractivity contribution in [3.05, 3.63) is 75.2 Å². The summed E-state index contributed by atoms with van der Waals surface area (Å²) in [5.74, 6) is 0.542. The minimum atomic E-state index is -0.121. The molecule has 5 nitrogen and oxygen atoms in total. The Hall–Kier alpha value is -3.03. The molecule has 2 aromatic heterocycles. The number of carbonyl (C=O) groups excluding carboxylic acids is 2. The molecule has 0 radical (unpaired) electrons. The molecule has 0 spiro atoms. The highest BCUT2D eigenvalue weighted by Crippen LogP contribution is 2.40. The molecule has 2 heterocycles. The molecule has 0 amide bonds. The van der Waals surface area contributed by atoms with Gasteiger partial charge in [0.25, 0.3) is 0 Å². The summed E-state index contributed by atoms with van der Waals surface area (Å²) in [6.07, 6.45) is 6.50. The van der Waals surface area contributed by atoms with E-state index in [1.165, 1.54) is 35.0 Å². The van der Waals surface area contributed by atoms with Crippen LogP contribution in [0.15, 0.2) is 47.6 Å². The van der Waals surface area contributed by atoms with Gasteiger partial charge >= 0.3 is 0 Å². The van der Waals surface area contributed by atoms with Gasteiger partial charge in [0, 0.05) is 32.8 Å². The van der Waals surface area contributed by atoms with Gasteiger partial charge in [-0.05, 0) is 55.7 Å². The zero-order chi connectivity index (χ0) is 21.8. The Labute approximate surface area is 193 Å². The summed E-state index contributed by atoms with van der Waals surface area (Å²) in [4.78, 5) is 38.0. The third kappa shape index (κ3) is 2.99. The Morgan fingerprint density at radius 1 is 0.906 bits per heavy atom. The van der Waals surface area contributed by atoms with Crippen molar-refractivity contribution in [1.82, 2.24) is 9.97 Å². The van der Waals surface area contributed by atoms with Gasteiger partial charge in [-0.25, -0.2) is 9.97 Å². The summed E-state index contributed by atoms with van der Waals surface area (Å²) < 4.78 is 0. The summed E-state index contributed by atoms with van der Waals surface area (Å²) in [5.41, 5.74) is 3.91. The number of carbonyl (C=O) groups is 2. The van der Waals surface area contributed by atoms with E-state index in [0.717, 1.165) is 39.7 Å². The van der Waals surface area contributed by atoms with E-state index in [9.17, 15) is 9.59 Å². The molecule has 158 valence electrons. The molecule has 1 N–H and O–H groups in total. The van der Waals surface area contributed by atoms with Crippen LogP contribution in [0, 0.1) is 0 Å². The first-order valence-electron chi connectivity index (χ1n) is 10.6. The number of ketones is 2. The van der Waals surface area contributed by atoms with Gasteiger partial charge in [-0.15, -0.1) is 11.3 Å². The molecule has 6 rings (SSSR count). The lowest BCUT2D eigenvalue weighted by Crippen LogP contribution is -2.20. The third-order valence-electron chi connectivity index (χ3n) is 6.16. The van der Waals surface area contributed by atoms with Gasteiger partial charge in [0.1, 0.15) is 10.6 Å². The molecular weight excluding hydrogens is 438 g/mol. The number of benzene rings is 2. The van der Waals surface area contributed by atoms with Crippen LogP contribution in [0.3, 0.4) is 0 Å². The highest BCUT2D eigenvalue weighted by atomic mass is 32.2. The van der Waals surface area contributed by atoms with Crippen LogP contribution in [0.5, 0.6) is 0 Å². The predicted octanol–water partition coefficient (Wildman–Crippen LogP) is 5.81. The average Bonchev–Trinajstić information content (AvgIpc) is 3.21. The highest BCUT2D eigenvalue weighted by molar-refractivity contribution is 7.98. The molecule has 0 fully saturated rings. The number of thioether (sulfide) groups is 1. The van der Waals surface area contributed by atoms with E-state index >= 15 is 0 Å². The highest BCUT2D eigenvalue weighted by Gasteiger charge is 2.29. The van der Waals surface area contributed by atoms with E-state index in [0.29, 0.717) is 22.3 Å². The quantitative estimate of drug-likeness (QED) is 0.272. The second kappa shape index (κ2) is 7.53. The lowest BCUT2D eigenvalue weighted by molar-refractivity contribution is 0.0979. The smallest absolute Gasteiger partial charge is 0.194 e. The lowest BCUT2D eigenvalue weighted by atomic mass is 9.84. The first-order valence-corrected chi connectivity index (χ1v) is 12.6. The number of fused-ring (bicyclic) bond motifs is 5. The molecule has 32 heavy (non-hydrogen) atoms. The number of thiophene rings is 1. The minimum Gasteiger partial charge on any atom is -0.340 e. The molecule has 0 saturated heterocycles. The molecule has 2 aliphatic rings. The standard InChI is InChI=1S/C25H19N3O2S2/c1-31-25-27-23(20-17-8-4-5-9-19(17)32-24(20)28-25)26-13-10-11-16-18(12-13)22(30)15-7-3-2-6-14(15)21(16)29/h2-3,6-7,10-12H,4-5,8-9H2,1H3,(H,26,27,28). The van der Waals surface area contributed by atoms with Crippen molar-refractivity contribution < 1.29 is 9.59 Å². The van der Waals surface area contributed by atoms with Crippen LogP contribution in [0.1, 0.15) is 55.1 Å². The molecule has 0 saturated carbocycles. The van der Waals surface area contributed by atoms with E-state index in [-0.39, 0.29) is 11.6 Å². The number of nitrogens with one attached hydrogen (secondary N) is 1. The fourth-order valence-corrected chi connectivity index (χ4v) is 6.32. The van der Waals surface area contributed by atoms with Gasteiger partial charge < -0.3 is 5.32 Å². The third-order valence-corrected chi connectivity index (χ3v) is 7.90. The fourth-order valence-electron chi connectivity index (χ4n) is 4.63. The van der Waals surface area contributed by atoms with Crippen molar-refractivity contribution in [3.63, 3.8) is 0 Å². The summed E-state index contributed by atoms with van der Waals surface area (Å²) >= 11 is 3.28. The number of nitrogens with zero attached hydrogens (tertiary/aromatic N) is 2. The average molecular weight is 458 g/mol. The fraction of sp³-hybridized carbons (Fsp3) is 0.200. The van der Waals surface area contributed by atoms with E-state index in [1.807, 2.05) is 12.3 Å². The molecule has 2 aliphatic carbocycles. The van der Waals surface area contributed by atoms with Crippen molar-refractivity contribution in [2.45, 2.75) is 30.8 Å². The molecule has 4 aromatic rings. The van der Waals surface area contributed by atoms with Crippen LogP contribution in [0.25, 0.3) is 10.2 Å². The van der Waals surface area contributed by atoms with Crippen molar-refractivity contribution >= 4 is 56.4 Å². The van der Waals surface area contributed by atoms with Crippen LogP contribution in [-0.2, 0) is 12.8 Å². The number of hydrogen-bond acceptors (Lipinski definition) is 7. The maximum Gasteiger partial charge on any atom is 0.194 e. The molecule has 7 heteroatoms. The minimum absolute atomic E-state index is 0.109. The molecule has 2 aromatic carbocycles. The summed E-state index contributed by atoms with van der Waals surface area (Å²) in [7, 11) is 0. The zero-order valence-corrected chi connectivity index (χ0v) is 19.0. The van der Waals surface area contributed by atoms with Gasteiger partial charge in [0.15, 0.2) is 16.7 Å². The van der Waals surface area contributed by atoms with Crippen molar-refractivity contribution in [2.75, 3.05) is 11.6 Å². The summed E-state index contributed by atoms with van der Waals surface area (Å²) in [6.45, 7) is 0. The number of aromatic nitrogens is 2. The number of rotatable bonds is 3. The van der Waals surface area contributed by atoms with Crippen LogP contribution in [0.4, 0.5) is 11.5 Å². The van der Waals surface area contributed by atoms with E-state index < -0.39 is 0 Å². The second-order valence-corrected chi connectivity index (χ2v) is 9.90. The number of hydrogen-bond donors (Lipinski definition) is 1. The normalized spacial score (nSPS) is 14.8. The molecular formula is C25H19N3O2S2. The zero-order valence-electron chi connectivity index (χ0n) is 17.4. The number of aryl methyl sites for hydroxylation is 2. The van der Waals surface area contributed by atoms with Crippen LogP contribution < -0.4 is 5.32 Å². The Bertz CT molecular complexity index is 1440. The van der Waals surface area contributed by atoms with Gasteiger partial charge in [-0.2, -0.15) is 0 Å².